The number of carboxylic acids is 1. The van der Waals surface area contributed by atoms with Crippen molar-refractivity contribution in [3.05, 3.63) is 0 Å². The number of rotatable bonds is 2. The Morgan fingerprint density at radius 2 is 1.67 bits per heavy atom. The molecule has 2 unspecified atom stereocenters. The topological polar surface area (TPSA) is 57.6 Å². The maximum absolute atomic E-state index is 12.6. The third kappa shape index (κ3) is 3.32. The second-order valence-corrected chi connectivity index (χ2v) is 6.10. The van der Waals surface area contributed by atoms with E-state index < -0.39 is 29.9 Å². The van der Waals surface area contributed by atoms with E-state index in [1.165, 1.54) is 4.90 Å². The van der Waals surface area contributed by atoms with E-state index in [0.29, 0.717) is 13.0 Å². The van der Waals surface area contributed by atoms with Crippen LogP contribution in [0.15, 0.2) is 0 Å². The fraction of sp³-hybridized carbons (Fsp3) is 0.857. The van der Waals surface area contributed by atoms with Gasteiger partial charge in [-0.2, -0.15) is 13.2 Å². The Bertz CT molecular complexity index is 416. The van der Waals surface area contributed by atoms with Crippen LogP contribution in [0.3, 0.4) is 0 Å². The van der Waals surface area contributed by atoms with Crippen molar-refractivity contribution in [3.63, 3.8) is 0 Å². The molecular formula is C14H20F3NO3. The molecule has 2 aliphatic rings. The van der Waals surface area contributed by atoms with Crippen LogP contribution >= 0.6 is 0 Å². The van der Waals surface area contributed by atoms with Crippen LogP contribution < -0.4 is 0 Å². The smallest absolute Gasteiger partial charge is 0.391 e. The number of carbonyl (C=O) groups excluding carboxylic acids is 1. The van der Waals surface area contributed by atoms with Crippen LogP contribution in [0.4, 0.5) is 13.2 Å². The zero-order chi connectivity index (χ0) is 15.8. The van der Waals surface area contributed by atoms with Crippen LogP contribution in [-0.4, -0.2) is 40.6 Å². The van der Waals surface area contributed by atoms with Gasteiger partial charge >= 0.3 is 12.1 Å². The molecule has 0 aromatic rings. The molecule has 1 saturated heterocycles. The number of hydrogen-bond donors (Lipinski definition) is 1. The first-order chi connectivity index (χ1) is 9.71. The summed E-state index contributed by atoms with van der Waals surface area (Å²) in [7, 11) is 0. The predicted octanol–water partition coefficient (Wildman–Crippen LogP) is 2.68. The molecule has 0 aromatic heterocycles. The Morgan fingerprint density at radius 1 is 1.10 bits per heavy atom. The van der Waals surface area contributed by atoms with E-state index in [0.717, 1.165) is 0 Å². The first-order valence-corrected chi connectivity index (χ1v) is 7.31. The Balaban J connectivity index is 1.92. The summed E-state index contributed by atoms with van der Waals surface area (Å²) in [5.41, 5.74) is 0. The maximum Gasteiger partial charge on any atom is 0.391 e. The van der Waals surface area contributed by atoms with Crippen molar-refractivity contribution in [2.45, 2.75) is 51.2 Å². The molecule has 2 fully saturated rings. The van der Waals surface area contributed by atoms with Crippen molar-refractivity contribution < 1.29 is 27.9 Å². The lowest BCUT2D eigenvalue weighted by Crippen LogP contribution is -2.42. The molecule has 0 radical (unpaired) electrons. The van der Waals surface area contributed by atoms with E-state index in [2.05, 4.69) is 0 Å². The zero-order valence-electron chi connectivity index (χ0n) is 11.9. The predicted molar refractivity (Wildman–Crippen MR) is 68.4 cm³/mol. The number of hydrogen-bond acceptors (Lipinski definition) is 2. The molecule has 21 heavy (non-hydrogen) atoms. The number of nitrogens with zero attached hydrogens (tertiary/aromatic N) is 1. The lowest BCUT2D eigenvalue weighted by Gasteiger charge is -2.33. The molecule has 0 aromatic carbocycles. The molecule has 1 N–H and O–H groups in total. The van der Waals surface area contributed by atoms with Gasteiger partial charge in [-0.25, -0.2) is 0 Å². The molecule has 0 spiro atoms. The number of carbonyl (C=O) groups is 2. The average molecular weight is 307 g/mol. The molecule has 1 aliphatic heterocycles. The highest BCUT2D eigenvalue weighted by atomic mass is 19.4. The van der Waals surface area contributed by atoms with Crippen LogP contribution in [0.1, 0.15) is 39.0 Å². The highest BCUT2D eigenvalue weighted by Crippen LogP contribution is 2.40. The minimum atomic E-state index is -4.18. The highest BCUT2D eigenvalue weighted by molar-refractivity contribution is 5.81. The first-order valence-electron chi connectivity index (χ1n) is 7.31. The first kappa shape index (κ1) is 16.1. The fourth-order valence-corrected chi connectivity index (χ4v) is 3.48. The van der Waals surface area contributed by atoms with Gasteiger partial charge in [0.2, 0.25) is 5.91 Å². The van der Waals surface area contributed by atoms with Gasteiger partial charge in [0.05, 0.1) is 11.8 Å². The molecule has 1 saturated carbocycles. The van der Waals surface area contributed by atoms with E-state index in [1.807, 2.05) is 0 Å². The second kappa shape index (κ2) is 5.85. The minimum Gasteiger partial charge on any atom is -0.481 e. The highest BCUT2D eigenvalue weighted by Gasteiger charge is 2.45. The molecule has 1 aliphatic carbocycles. The van der Waals surface area contributed by atoms with Crippen molar-refractivity contribution in [2.75, 3.05) is 6.54 Å². The van der Waals surface area contributed by atoms with Gasteiger partial charge in [0, 0.05) is 18.5 Å². The Labute approximate surface area is 121 Å². The van der Waals surface area contributed by atoms with Crippen molar-refractivity contribution in [1.29, 1.82) is 0 Å². The third-order valence-electron chi connectivity index (χ3n) is 4.89. The summed E-state index contributed by atoms with van der Waals surface area (Å²) >= 11 is 0. The fourth-order valence-electron chi connectivity index (χ4n) is 3.48. The quantitative estimate of drug-likeness (QED) is 0.853. The summed E-state index contributed by atoms with van der Waals surface area (Å²) in [6.07, 6.45) is -3.30. The third-order valence-corrected chi connectivity index (χ3v) is 4.89. The molecule has 7 heteroatoms. The van der Waals surface area contributed by atoms with Crippen LogP contribution in [0.25, 0.3) is 0 Å². The number of alkyl halides is 3. The average Bonchev–Trinajstić information content (AvgIpc) is 2.79. The lowest BCUT2D eigenvalue weighted by atomic mass is 9.81. The summed E-state index contributed by atoms with van der Waals surface area (Å²) in [6.45, 7) is 2.08. The molecule has 0 bridgehead atoms. The normalized spacial score (nSPS) is 34.0. The van der Waals surface area contributed by atoms with Crippen molar-refractivity contribution in [1.82, 2.24) is 4.90 Å². The lowest BCUT2D eigenvalue weighted by molar-refractivity contribution is -0.185. The standard InChI is InChI=1S/C14H20F3NO3/c1-8-11(13(20)21)6-7-18(8)12(19)9-2-4-10(5-3-9)14(15,16)17/h8-11H,2-7H2,1H3,(H,20,21). The maximum atomic E-state index is 12.6. The van der Waals surface area contributed by atoms with Crippen LogP contribution in [0.5, 0.6) is 0 Å². The van der Waals surface area contributed by atoms with Gasteiger partial charge in [0.1, 0.15) is 0 Å². The van der Waals surface area contributed by atoms with E-state index in [1.54, 1.807) is 6.92 Å². The summed E-state index contributed by atoms with van der Waals surface area (Å²) in [6, 6.07) is -0.379. The van der Waals surface area contributed by atoms with Gasteiger partial charge in [-0.15, -0.1) is 0 Å². The molecule has 2 atom stereocenters. The Morgan fingerprint density at radius 3 is 2.10 bits per heavy atom. The SMILES string of the molecule is CC1C(C(=O)O)CCN1C(=O)C1CCC(C(F)(F)F)CC1. The molecule has 1 amide bonds. The molecule has 2 rings (SSSR count). The minimum absolute atomic E-state index is 0.00944. The number of likely N-dealkylation sites (tertiary alicyclic amines) is 1. The van der Waals surface area contributed by atoms with Crippen molar-refractivity contribution >= 4 is 11.9 Å². The number of amides is 1. The van der Waals surface area contributed by atoms with Crippen LogP contribution in [0.2, 0.25) is 0 Å². The van der Waals surface area contributed by atoms with Gasteiger partial charge < -0.3 is 10.0 Å². The van der Waals surface area contributed by atoms with E-state index in [-0.39, 0.29) is 37.6 Å². The van der Waals surface area contributed by atoms with Crippen molar-refractivity contribution in [3.8, 4) is 0 Å². The summed E-state index contributed by atoms with van der Waals surface area (Å²) < 4.78 is 37.8. The van der Waals surface area contributed by atoms with Crippen molar-refractivity contribution in [2.24, 2.45) is 17.8 Å². The van der Waals surface area contributed by atoms with Gasteiger partial charge in [-0.1, -0.05) is 0 Å². The number of halogens is 3. The van der Waals surface area contributed by atoms with Gasteiger partial charge in [-0.3, -0.25) is 9.59 Å². The molecular weight excluding hydrogens is 287 g/mol. The van der Waals surface area contributed by atoms with Crippen LogP contribution in [-0.2, 0) is 9.59 Å². The monoisotopic (exact) mass is 307 g/mol. The summed E-state index contributed by atoms with van der Waals surface area (Å²) in [5.74, 6) is -3.35. The number of aliphatic carboxylic acids is 1. The Kier molecular flexibility index (Phi) is 4.49. The molecule has 4 nitrogen and oxygen atoms in total. The summed E-state index contributed by atoms with van der Waals surface area (Å²) in [5, 5.41) is 9.05. The van der Waals surface area contributed by atoms with E-state index in [9.17, 15) is 22.8 Å². The van der Waals surface area contributed by atoms with Gasteiger partial charge in [0.15, 0.2) is 0 Å². The molecule has 1 heterocycles. The summed E-state index contributed by atoms with van der Waals surface area (Å²) in [4.78, 5) is 25.0. The molecule has 120 valence electrons. The van der Waals surface area contributed by atoms with Crippen LogP contribution in [0, 0.1) is 17.8 Å². The zero-order valence-corrected chi connectivity index (χ0v) is 11.9. The van der Waals surface area contributed by atoms with E-state index in [4.69, 9.17) is 5.11 Å². The van der Waals surface area contributed by atoms with Gasteiger partial charge in [0.25, 0.3) is 0 Å². The Hall–Kier alpha value is -1.27. The second-order valence-electron chi connectivity index (χ2n) is 6.10. The largest absolute Gasteiger partial charge is 0.481 e. The van der Waals surface area contributed by atoms with E-state index >= 15 is 0 Å². The van der Waals surface area contributed by atoms with Gasteiger partial charge in [-0.05, 0) is 39.0 Å². The number of carboxylic acid groups (broad SMARTS) is 1.